The van der Waals surface area contributed by atoms with Crippen LogP contribution in [-0.4, -0.2) is 69.4 Å². The molecule has 18 heteroatoms. The van der Waals surface area contributed by atoms with Gasteiger partial charge in [0.05, 0.1) is 67.6 Å². The second kappa shape index (κ2) is 22.6. The number of carbonyl (C=O) groups is 4. The fourth-order valence-corrected chi connectivity index (χ4v) is 9.32. The monoisotopic (exact) mass is 1050 g/mol. The van der Waals surface area contributed by atoms with Gasteiger partial charge in [-0.2, -0.15) is 0 Å². The molecule has 4 N–H and O–H groups in total. The molecule has 368 valence electrons. The summed E-state index contributed by atoms with van der Waals surface area (Å²) in [5, 5.41) is 27.5. The number of benzene rings is 6. The maximum absolute atomic E-state index is 13.2. The Morgan fingerprint density at radius 2 is 0.958 bits per heavy atom. The molecule has 0 bridgehead atoms. The Morgan fingerprint density at radius 1 is 0.556 bits per heavy atom. The lowest BCUT2D eigenvalue weighted by molar-refractivity contribution is -0.143. The Morgan fingerprint density at radius 3 is 1.42 bits per heavy atom. The van der Waals surface area contributed by atoms with Crippen LogP contribution in [0.1, 0.15) is 31.8 Å². The van der Waals surface area contributed by atoms with Crippen LogP contribution in [-0.2, 0) is 41.3 Å². The number of ether oxygens (including phenoxy) is 2. The van der Waals surface area contributed by atoms with Gasteiger partial charge in [0, 0.05) is 37.7 Å². The Labute approximate surface area is 431 Å². The number of fused-ring (bicyclic) bond motifs is 2. The van der Waals surface area contributed by atoms with Gasteiger partial charge in [-0.3, -0.25) is 19.2 Å². The topological polar surface area (TPSA) is 195 Å². The maximum Gasteiger partial charge on any atom is 0.328 e. The highest BCUT2D eigenvalue weighted by molar-refractivity contribution is 6.40. The minimum atomic E-state index is -1.25. The van der Waals surface area contributed by atoms with Gasteiger partial charge < -0.3 is 39.5 Å². The number of rotatable bonds is 13. The van der Waals surface area contributed by atoms with E-state index < -0.39 is 35.8 Å². The fourth-order valence-electron chi connectivity index (χ4n) is 8.19. The summed E-state index contributed by atoms with van der Waals surface area (Å²) in [5.41, 5.74) is 3.95. The SMILES string of the molecule is COC(=O)[C@H](Cc1ccc(-c2c(OC)c3ccccc3n(C)c2=O)cc1)NC(=O)c1c(Cl)cccc1Cl.Cn1c(=O)c(-c2ccc(C[C@H](NC(=O)c3c(Cl)cccc3Cl)C(=O)O)cc2)c(O)c2ccccc21. The van der Waals surface area contributed by atoms with Crippen molar-refractivity contribution in [3.63, 3.8) is 0 Å². The van der Waals surface area contributed by atoms with Gasteiger partial charge in [-0.25, -0.2) is 9.59 Å². The van der Waals surface area contributed by atoms with Gasteiger partial charge in [-0.1, -0.05) is 131 Å². The average Bonchev–Trinajstić information content (AvgIpc) is 3.37. The highest BCUT2D eigenvalue weighted by Gasteiger charge is 2.27. The van der Waals surface area contributed by atoms with Crippen LogP contribution in [0.15, 0.2) is 143 Å². The van der Waals surface area contributed by atoms with Crippen LogP contribution in [0, 0.1) is 0 Å². The number of carboxylic acid groups (broad SMARTS) is 1. The number of carboxylic acids is 1. The van der Waals surface area contributed by atoms with E-state index in [1.165, 1.54) is 30.9 Å². The minimum Gasteiger partial charge on any atom is -0.506 e. The number of aliphatic carboxylic acids is 1. The third-order valence-electron chi connectivity index (χ3n) is 11.9. The molecular formula is C54H44Cl4N4O10. The molecule has 0 aliphatic heterocycles. The lowest BCUT2D eigenvalue weighted by Crippen LogP contribution is -2.43. The number of carbonyl (C=O) groups excluding carboxylic acids is 3. The number of pyridine rings is 2. The second-order valence-corrected chi connectivity index (χ2v) is 17.9. The Hall–Kier alpha value is -7.62. The number of para-hydroxylation sites is 2. The van der Waals surface area contributed by atoms with E-state index in [1.54, 1.807) is 116 Å². The van der Waals surface area contributed by atoms with Crippen molar-refractivity contribution in [2.45, 2.75) is 24.9 Å². The number of nitrogens with one attached hydrogen (secondary N) is 2. The van der Waals surface area contributed by atoms with E-state index in [-0.39, 0.29) is 66.5 Å². The van der Waals surface area contributed by atoms with E-state index in [0.717, 1.165) is 16.5 Å². The van der Waals surface area contributed by atoms with Gasteiger partial charge in [0.2, 0.25) is 0 Å². The van der Waals surface area contributed by atoms with Crippen molar-refractivity contribution in [1.82, 2.24) is 19.8 Å². The zero-order chi connectivity index (χ0) is 52.0. The molecule has 2 atom stereocenters. The van der Waals surface area contributed by atoms with Crippen molar-refractivity contribution in [2.75, 3.05) is 14.2 Å². The third-order valence-corrected chi connectivity index (χ3v) is 13.1. The van der Waals surface area contributed by atoms with Gasteiger partial charge in [-0.15, -0.1) is 0 Å². The van der Waals surface area contributed by atoms with Gasteiger partial charge in [0.1, 0.15) is 23.6 Å². The van der Waals surface area contributed by atoms with Crippen LogP contribution < -0.4 is 26.5 Å². The lowest BCUT2D eigenvalue weighted by atomic mass is 9.99. The molecule has 8 rings (SSSR count). The van der Waals surface area contributed by atoms with Crippen LogP contribution in [0.3, 0.4) is 0 Å². The van der Waals surface area contributed by atoms with Crippen molar-refractivity contribution < 1.29 is 38.9 Å². The molecule has 14 nitrogen and oxygen atoms in total. The molecule has 0 unspecified atom stereocenters. The first-order chi connectivity index (χ1) is 34.4. The molecule has 72 heavy (non-hydrogen) atoms. The summed E-state index contributed by atoms with van der Waals surface area (Å²) in [5.74, 6) is -2.77. The number of aromatic nitrogens is 2. The van der Waals surface area contributed by atoms with Gasteiger partial charge >= 0.3 is 11.9 Å². The standard InChI is InChI=1S/C28H24Cl2N2O5.C26H20Cl2N2O5/c1-32-22-10-5-4-7-18(22)25(36-2)23(27(32)34)17-13-11-16(12-14-17)15-21(28(35)37-3)31-26(33)24-19(29)8-6-9-20(24)30;1-30-20-8-3-2-5-16(20)23(31)21(25(30)33)15-11-9-14(10-12-15)13-19(26(34)35)29-24(32)22-17(27)6-4-7-18(22)28/h4-14,21H,15H2,1-3H3,(H,31,33);2-12,19,31H,13H2,1H3,(H,29,32)(H,34,35)/t21-;19-/m00/s1. The highest BCUT2D eigenvalue weighted by Crippen LogP contribution is 2.35. The summed E-state index contributed by atoms with van der Waals surface area (Å²) in [6.45, 7) is 0. The molecule has 2 heterocycles. The number of amides is 2. The van der Waals surface area contributed by atoms with Gasteiger partial charge in [0.25, 0.3) is 22.9 Å². The fraction of sp³-hybridized carbons (Fsp3) is 0.148. The molecule has 0 aliphatic carbocycles. The normalized spacial score (nSPS) is 11.8. The first kappa shape index (κ1) is 52.2. The largest absolute Gasteiger partial charge is 0.506 e. The Kier molecular flexibility index (Phi) is 16.4. The molecule has 0 fully saturated rings. The molecule has 0 radical (unpaired) electrons. The van der Waals surface area contributed by atoms with Crippen molar-refractivity contribution in [3.05, 3.63) is 197 Å². The molecule has 2 aromatic heterocycles. The van der Waals surface area contributed by atoms with E-state index >= 15 is 0 Å². The highest BCUT2D eigenvalue weighted by atomic mass is 35.5. The third kappa shape index (κ3) is 11.0. The quantitative estimate of drug-likeness (QED) is 0.0808. The van der Waals surface area contributed by atoms with Crippen LogP contribution in [0.5, 0.6) is 11.5 Å². The van der Waals surface area contributed by atoms with Crippen LogP contribution in [0.25, 0.3) is 44.1 Å². The number of hydrogen-bond donors (Lipinski definition) is 4. The summed E-state index contributed by atoms with van der Waals surface area (Å²) in [7, 11) is 6.13. The number of halogens is 4. The molecular weight excluding hydrogens is 1010 g/mol. The van der Waals surface area contributed by atoms with E-state index in [4.69, 9.17) is 55.9 Å². The van der Waals surface area contributed by atoms with E-state index in [0.29, 0.717) is 38.9 Å². The molecule has 2 amide bonds. The number of hydrogen-bond acceptors (Lipinski definition) is 9. The van der Waals surface area contributed by atoms with Crippen molar-refractivity contribution >= 4 is 92.0 Å². The molecule has 6 aromatic carbocycles. The van der Waals surface area contributed by atoms with Crippen molar-refractivity contribution in [3.8, 4) is 33.8 Å². The predicted octanol–water partition coefficient (Wildman–Crippen LogP) is 9.68. The van der Waals surface area contributed by atoms with E-state index in [2.05, 4.69) is 10.6 Å². The first-order valence-corrected chi connectivity index (χ1v) is 23.4. The zero-order valence-electron chi connectivity index (χ0n) is 38.8. The minimum absolute atomic E-state index is 0.0000515. The zero-order valence-corrected chi connectivity index (χ0v) is 41.9. The average molecular weight is 1050 g/mol. The molecule has 0 spiro atoms. The summed E-state index contributed by atoms with van der Waals surface area (Å²) in [4.78, 5) is 75.9. The first-order valence-electron chi connectivity index (χ1n) is 21.9. The second-order valence-electron chi connectivity index (χ2n) is 16.3. The Bertz CT molecular complexity index is 3480. The number of aryl methyl sites for hydroxylation is 2. The summed E-state index contributed by atoms with van der Waals surface area (Å²) in [6.07, 6.45) is 0.124. The number of aromatic hydroxyl groups is 1. The van der Waals surface area contributed by atoms with Crippen LogP contribution in [0.4, 0.5) is 0 Å². The van der Waals surface area contributed by atoms with E-state index in [1.807, 2.05) is 24.3 Å². The predicted molar refractivity (Wildman–Crippen MR) is 280 cm³/mol. The van der Waals surface area contributed by atoms with Crippen molar-refractivity contribution in [2.24, 2.45) is 14.1 Å². The van der Waals surface area contributed by atoms with Gasteiger partial charge in [-0.05, 0) is 70.8 Å². The maximum atomic E-state index is 13.2. The smallest absolute Gasteiger partial charge is 0.328 e. The number of esters is 1. The molecule has 0 saturated heterocycles. The number of methoxy groups -OCH3 is 2. The summed E-state index contributed by atoms with van der Waals surface area (Å²) in [6, 6.07) is 35.3. The van der Waals surface area contributed by atoms with Crippen LogP contribution in [0.2, 0.25) is 20.1 Å². The summed E-state index contributed by atoms with van der Waals surface area (Å²) < 4.78 is 13.6. The van der Waals surface area contributed by atoms with E-state index in [9.17, 15) is 39.0 Å². The van der Waals surface area contributed by atoms with Gasteiger partial charge in [0.15, 0.2) is 0 Å². The van der Waals surface area contributed by atoms with Crippen molar-refractivity contribution in [1.29, 1.82) is 0 Å². The molecule has 8 aromatic rings. The molecule has 0 aliphatic rings. The molecule has 0 saturated carbocycles. The summed E-state index contributed by atoms with van der Waals surface area (Å²) >= 11 is 24.4. The lowest BCUT2D eigenvalue weighted by Gasteiger charge is -2.18. The van der Waals surface area contributed by atoms with Crippen LogP contribution >= 0.6 is 46.4 Å². The Balaban J connectivity index is 0.000000212. The number of nitrogens with zero attached hydrogens (tertiary/aromatic N) is 2.